The number of hydrogen-bond acceptors (Lipinski definition) is 9. The highest BCUT2D eigenvalue weighted by Crippen LogP contribution is 2.39. The van der Waals surface area contributed by atoms with Crippen molar-refractivity contribution in [2.75, 3.05) is 33.5 Å². The molecule has 8 rings (SSSR count). The van der Waals surface area contributed by atoms with Crippen molar-refractivity contribution in [1.82, 2.24) is 9.80 Å². The van der Waals surface area contributed by atoms with E-state index in [1.807, 2.05) is 77.7 Å². The highest BCUT2D eigenvalue weighted by molar-refractivity contribution is 6.04. The number of aliphatic hydroxyl groups excluding tert-OH is 1. The summed E-state index contributed by atoms with van der Waals surface area (Å²) in [6, 6.07) is 21.2. The van der Waals surface area contributed by atoms with Crippen molar-refractivity contribution < 1.29 is 33.6 Å². The van der Waals surface area contributed by atoms with Gasteiger partial charge >= 0.3 is 0 Å². The van der Waals surface area contributed by atoms with Gasteiger partial charge in [0.05, 0.1) is 61.5 Å². The molecular weight excluding hydrogens is 684 g/mol. The fourth-order valence-electron chi connectivity index (χ4n) is 7.69. The summed E-state index contributed by atoms with van der Waals surface area (Å²) in [4.78, 5) is 40.7. The first kappa shape index (κ1) is 35.4. The number of fused-ring (bicyclic) bond motifs is 6. The Kier molecular flexibility index (Phi) is 10.1. The molecule has 0 fully saturated rings. The molecule has 0 saturated carbocycles. The minimum Gasteiger partial charge on any atom is -0.493 e. The molecule has 0 unspecified atom stereocenters. The average molecular weight is 729 g/mol. The Balaban J connectivity index is 0.845. The number of ether oxygens (including phenoxy) is 4. The van der Waals surface area contributed by atoms with Gasteiger partial charge in [0.1, 0.15) is 18.1 Å². The molecule has 54 heavy (non-hydrogen) atoms. The Morgan fingerprint density at radius 3 is 1.96 bits per heavy atom. The minimum atomic E-state index is -0.143. The van der Waals surface area contributed by atoms with Gasteiger partial charge in [0.15, 0.2) is 11.5 Å². The van der Waals surface area contributed by atoms with Gasteiger partial charge in [0.25, 0.3) is 11.8 Å². The number of rotatable bonds is 12. The lowest BCUT2D eigenvalue weighted by atomic mass is 9.93. The smallest absolute Gasteiger partial charge is 0.257 e. The fourth-order valence-corrected chi connectivity index (χ4v) is 7.69. The number of methoxy groups -OCH3 is 1. The Morgan fingerprint density at radius 2 is 1.28 bits per heavy atom. The van der Waals surface area contributed by atoms with Gasteiger partial charge in [-0.05, 0) is 91.1 Å². The van der Waals surface area contributed by atoms with Gasteiger partial charge in [-0.25, -0.2) is 0 Å². The molecule has 4 aromatic rings. The number of carbonyl (C=O) groups is 2. The third kappa shape index (κ3) is 7.03. The summed E-state index contributed by atoms with van der Waals surface area (Å²) in [5.74, 6) is 2.36. The molecule has 0 radical (unpaired) electrons. The Morgan fingerprint density at radius 1 is 0.667 bits per heavy atom. The molecular formula is C43H44N4O7. The summed E-state index contributed by atoms with van der Waals surface area (Å²) in [5, 5.41) is 9.12. The minimum absolute atomic E-state index is 0.0537. The van der Waals surface area contributed by atoms with E-state index in [0.717, 1.165) is 42.4 Å². The van der Waals surface area contributed by atoms with E-state index in [2.05, 4.69) is 12.1 Å². The number of nitrogens with zero attached hydrogens (tertiary/aromatic N) is 4. The highest BCUT2D eigenvalue weighted by atomic mass is 16.5. The van der Waals surface area contributed by atoms with E-state index in [1.165, 1.54) is 11.1 Å². The summed E-state index contributed by atoms with van der Waals surface area (Å²) < 4.78 is 23.6. The lowest BCUT2D eigenvalue weighted by molar-refractivity contribution is 0.0696. The van der Waals surface area contributed by atoms with Gasteiger partial charge in [0.2, 0.25) is 0 Å². The molecule has 0 bridgehead atoms. The molecule has 4 aliphatic rings. The normalized spacial score (nSPS) is 18.0. The van der Waals surface area contributed by atoms with Crippen LogP contribution in [0.3, 0.4) is 0 Å². The van der Waals surface area contributed by atoms with Gasteiger partial charge in [-0.15, -0.1) is 0 Å². The summed E-state index contributed by atoms with van der Waals surface area (Å²) in [6.07, 6.45) is 7.66. The average Bonchev–Trinajstić information content (AvgIpc) is 3.40. The lowest BCUT2D eigenvalue weighted by Crippen LogP contribution is -2.44. The maximum Gasteiger partial charge on any atom is 0.257 e. The number of aliphatic hydroxyl groups is 1. The van der Waals surface area contributed by atoms with E-state index in [9.17, 15) is 9.59 Å². The van der Waals surface area contributed by atoms with Gasteiger partial charge in [-0.2, -0.15) is 0 Å². The van der Waals surface area contributed by atoms with Crippen LogP contribution in [0.4, 0.5) is 11.4 Å². The summed E-state index contributed by atoms with van der Waals surface area (Å²) in [5.41, 5.74) is 7.78. The number of aryl methyl sites for hydroxylation is 1. The van der Waals surface area contributed by atoms with Gasteiger partial charge < -0.3 is 33.9 Å². The second-order valence-corrected chi connectivity index (χ2v) is 14.1. The maximum atomic E-state index is 13.8. The van der Waals surface area contributed by atoms with Crippen LogP contribution >= 0.6 is 0 Å². The number of carbonyl (C=O) groups excluding carboxylic acids is 2. The van der Waals surface area contributed by atoms with Crippen molar-refractivity contribution in [1.29, 1.82) is 0 Å². The van der Waals surface area contributed by atoms with Crippen molar-refractivity contribution in [2.24, 2.45) is 9.98 Å². The van der Waals surface area contributed by atoms with E-state index < -0.39 is 0 Å². The first-order valence-electron chi connectivity index (χ1n) is 18.6. The molecule has 278 valence electrons. The van der Waals surface area contributed by atoms with Crippen LogP contribution in [0.15, 0.2) is 76.7 Å². The topological polar surface area (TPSA) is 122 Å². The molecule has 2 amide bonds. The predicted molar refractivity (Wildman–Crippen MR) is 206 cm³/mol. The van der Waals surface area contributed by atoms with Gasteiger partial charge in [0, 0.05) is 37.7 Å². The standard InChI is InChI=1S/C43H44N4O7/c1-27-16-35-37(44-24-33-18-29-10-11-34(52-15-12-48)19-31(29)26-47(33)42(35)49)21-39(27)53-13-6-3-7-14-54-41-22-38-36(20-40(41)51-2)43(50)46-25-30-9-5-4-8-28(30)17-32(46)23-45-38/h4-5,8-11,16,19-24,32-33,48H,3,6-7,12-15,17-18,25-26H2,1-2H3/t32-,33-/m0/s1. The van der Waals surface area contributed by atoms with Crippen LogP contribution in [-0.4, -0.2) is 84.8 Å². The van der Waals surface area contributed by atoms with E-state index in [1.54, 1.807) is 13.2 Å². The van der Waals surface area contributed by atoms with Crippen molar-refractivity contribution >= 4 is 35.6 Å². The quantitative estimate of drug-likeness (QED) is 0.164. The molecule has 11 heteroatoms. The van der Waals surface area contributed by atoms with Crippen molar-refractivity contribution in [3.8, 4) is 23.0 Å². The first-order valence-corrected chi connectivity index (χ1v) is 18.6. The monoisotopic (exact) mass is 728 g/mol. The third-order valence-corrected chi connectivity index (χ3v) is 10.6. The summed E-state index contributed by atoms with van der Waals surface area (Å²) in [6.45, 7) is 4.13. The van der Waals surface area contributed by atoms with Gasteiger partial charge in [-0.3, -0.25) is 19.6 Å². The second kappa shape index (κ2) is 15.4. The number of amides is 2. The Bertz CT molecular complexity index is 2150. The van der Waals surface area contributed by atoms with Crippen LogP contribution in [0.5, 0.6) is 23.0 Å². The zero-order chi connectivity index (χ0) is 37.2. The lowest BCUT2D eigenvalue weighted by Gasteiger charge is -2.34. The zero-order valence-electron chi connectivity index (χ0n) is 30.6. The van der Waals surface area contributed by atoms with E-state index >= 15 is 0 Å². The Hall–Kier alpha value is -5.68. The van der Waals surface area contributed by atoms with E-state index in [0.29, 0.717) is 78.2 Å². The molecule has 0 aromatic heterocycles. The third-order valence-electron chi connectivity index (χ3n) is 10.6. The van der Waals surface area contributed by atoms with Crippen LogP contribution < -0.4 is 18.9 Å². The number of hydrogen-bond donors (Lipinski definition) is 1. The predicted octanol–water partition coefficient (Wildman–Crippen LogP) is 6.57. The van der Waals surface area contributed by atoms with Crippen LogP contribution in [0.25, 0.3) is 0 Å². The number of unbranched alkanes of at least 4 members (excludes halogenated alkanes) is 2. The molecule has 1 N–H and O–H groups in total. The second-order valence-electron chi connectivity index (χ2n) is 14.1. The molecule has 2 atom stereocenters. The summed E-state index contributed by atoms with van der Waals surface area (Å²) >= 11 is 0. The zero-order valence-corrected chi connectivity index (χ0v) is 30.6. The largest absolute Gasteiger partial charge is 0.493 e. The van der Waals surface area contributed by atoms with Crippen LogP contribution in [0.1, 0.15) is 67.8 Å². The van der Waals surface area contributed by atoms with E-state index in [4.69, 9.17) is 34.0 Å². The molecule has 11 nitrogen and oxygen atoms in total. The first-order chi connectivity index (χ1) is 26.4. The Labute approximate surface area is 314 Å². The molecule has 0 aliphatic carbocycles. The molecule has 4 aliphatic heterocycles. The molecule has 4 heterocycles. The van der Waals surface area contributed by atoms with Crippen molar-refractivity contribution in [3.63, 3.8) is 0 Å². The van der Waals surface area contributed by atoms with Crippen LogP contribution in [-0.2, 0) is 25.9 Å². The van der Waals surface area contributed by atoms with E-state index in [-0.39, 0.29) is 37.1 Å². The fraction of sp³-hybridized carbons (Fsp3) is 0.349. The highest BCUT2D eigenvalue weighted by Gasteiger charge is 2.35. The molecule has 0 spiro atoms. The summed E-state index contributed by atoms with van der Waals surface area (Å²) in [7, 11) is 1.58. The van der Waals surface area contributed by atoms with Crippen molar-refractivity contribution in [3.05, 3.63) is 106 Å². The number of aliphatic imine (C=N–C) groups is 2. The van der Waals surface area contributed by atoms with Crippen LogP contribution in [0, 0.1) is 6.92 Å². The SMILES string of the molecule is COc1cc2c(cc1OCCCCCOc1cc3c(cc1C)C(=O)N1Cc4cc(OCCO)ccc4C[C@H]1C=N3)N=C[C@@H]1Cc3ccccc3CN1C2=O. The van der Waals surface area contributed by atoms with Crippen LogP contribution in [0.2, 0.25) is 0 Å². The van der Waals surface area contributed by atoms with Crippen molar-refractivity contribution in [2.45, 2.75) is 64.2 Å². The molecule has 0 saturated heterocycles. The number of benzene rings is 4. The van der Waals surface area contributed by atoms with Gasteiger partial charge in [-0.1, -0.05) is 30.3 Å². The molecule has 4 aromatic carbocycles. The maximum absolute atomic E-state index is 13.8.